The smallest absolute Gasteiger partial charge is 0.175 e. The zero-order valence-corrected chi connectivity index (χ0v) is 19.2. The SMILES string of the molecule is COc1ccccc1CNCc1cc(Br)c(OCc2ccc(F)cc2)c(OC)c1.Cl. The van der Waals surface area contributed by atoms with Gasteiger partial charge in [0.05, 0.1) is 18.7 Å². The predicted molar refractivity (Wildman–Crippen MR) is 122 cm³/mol. The van der Waals surface area contributed by atoms with E-state index in [1.807, 2.05) is 36.4 Å². The van der Waals surface area contributed by atoms with Crippen LogP contribution in [0.25, 0.3) is 0 Å². The summed E-state index contributed by atoms with van der Waals surface area (Å²) in [5, 5.41) is 3.42. The van der Waals surface area contributed by atoms with E-state index in [1.54, 1.807) is 26.4 Å². The number of hydrogen-bond acceptors (Lipinski definition) is 4. The van der Waals surface area contributed by atoms with Gasteiger partial charge in [0.2, 0.25) is 0 Å². The Morgan fingerprint density at radius 3 is 2.27 bits per heavy atom. The Bertz CT molecular complexity index is 954. The number of rotatable bonds is 9. The fraction of sp³-hybridized carbons (Fsp3) is 0.217. The number of methoxy groups -OCH3 is 2. The first kappa shape index (κ1) is 24.0. The van der Waals surface area contributed by atoms with Crippen molar-refractivity contribution in [1.82, 2.24) is 5.32 Å². The van der Waals surface area contributed by atoms with Crippen molar-refractivity contribution < 1.29 is 18.6 Å². The van der Waals surface area contributed by atoms with Crippen LogP contribution in [0.5, 0.6) is 17.2 Å². The number of benzene rings is 3. The fourth-order valence-corrected chi connectivity index (χ4v) is 3.55. The average Bonchev–Trinajstić information content (AvgIpc) is 2.74. The topological polar surface area (TPSA) is 39.7 Å². The Kier molecular flexibility index (Phi) is 9.43. The molecular formula is C23H24BrClFNO3. The summed E-state index contributed by atoms with van der Waals surface area (Å²) in [4.78, 5) is 0. The Morgan fingerprint density at radius 1 is 0.867 bits per heavy atom. The van der Waals surface area contributed by atoms with Gasteiger partial charge in [-0.3, -0.25) is 0 Å². The first-order chi connectivity index (χ1) is 14.1. The van der Waals surface area contributed by atoms with Crippen molar-refractivity contribution in [2.75, 3.05) is 14.2 Å². The van der Waals surface area contributed by atoms with E-state index >= 15 is 0 Å². The summed E-state index contributed by atoms with van der Waals surface area (Å²) >= 11 is 3.57. The molecule has 3 rings (SSSR count). The third-order valence-corrected chi connectivity index (χ3v) is 5.01. The Balaban J connectivity index is 0.00000320. The molecule has 0 saturated heterocycles. The van der Waals surface area contributed by atoms with E-state index in [-0.39, 0.29) is 18.2 Å². The van der Waals surface area contributed by atoms with Gasteiger partial charge in [-0.05, 0) is 57.4 Å². The summed E-state index contributed by atoms with van der Waals surface area (Å²) in [7, 11) is 3.28. The number of halogens is 3. The molecule has 0 radical (unpaired) electrons. The van der Waals surface area contributed by atoms with Crippen molar-refractivity contribution in [2.45, 2.75) is 19.7 Å². The second kappa shape index (κ2) is 11.8. The van der Waals surface area contributed by atoms with Crippen LogP contribution in [-0.4, -0.2) is 14.2 Å². The molecule has 160 valence electrons. The zero-order valence-electron chi connectivity index (χ0n) is 16.8. The van der Waals surface area contributed by atoms with Crippen LogP contribution in [-0.2, 0) is 19.7 Å². The molecule has 1 N–H and O–H groups in total. The van der Waals surface area contributed by atoms with Gasteiger partial charge in [0.1, 0.15) is 18.2 Å². The second-order valence-corrected chi connectivity index (χ2v) is 7.29. The highest BCUT2D eigenvalue weighted by molar-refractivity contribution is 9.10. The molecule has 0 aliphatic carbocycles. The predicted octanol–water partition coefficient (Wildman–Crippen LogP) is 5.90. The van der Waals surface area contributed by atoms with Gasteiger partial charge in [-0.1, -0.05) is 30.3 Å². The molecule has 0 bridgehead atoms. The largest absolute Gasteiger partial charge is 0.496 e. The van der Waals surface area contributed by atoms with Gasteiger partial charge in [-0.25, -0.2) is 4.39 Å². The first-order valence-corrected chi connectivity index (χ1v) is 9.96. The van der Waals surface area contributed by atoms with E-state index < -0.39 is 0 Å². The van der Waals surface area contributed by atoms with Crippen molar-refractivity contribution in [2.24, 2.45) is 0 Å². The minimum Gasteiger partial charge on any atom is -0.496 e. The summed E-state index contributed by atoms with van der Waals surface area (Å²) in [6.45, 7) is 1.67. The van der Waals surface area contributed by atoms with Crippen molar-refractivity contribution in [3.63, 3.8) is 0 Å². The summed E-state index contributed by atoms with van der Waals surface area (Å²) in [6, 6.07) is 18.1. The maximum atomic E-state index is 13.0. The van der Waals surface area contributed by atoms with Gasteiger partial charge in [-0.15, -0.1) is 12.4 Å². The van der Waals surface area contributed by atoms with Crippen molar-refractivity contribution in [1.29, 1.82) is 0 Å². The van der Waals surface area contributed by atoms with Crippen molar-refractivity contribution >= 4 is 28.3 Å². The molecule has 3 aromatic carbocycles. The van der Waals surface area contributed by atoms with Gasteiger partial charge in [-0.2, -0.15) is 0 Å². The van der Waals surface area contributed by atoms with Gasteiger partial charge < -0.3 is 19.5 Å². The highest BCUT2D eigenvalue weighted by atomic mass is 79.9. The lowest BCUT2D eigenvalue weighted by Crippen LogP contribution is -2.13. The van der Waals surface area contributed by atoms with Crippen LogP contribution in [0.4, 0.5) is 4.39 Å². The molecule has 4 nitrogen and oxygen atoms in total. The van der Waals surface area contributed by atoms with Crippen LogP contribution in [0.2, 0.25) is 0 Å². The van der Waals surface area contributed by atoms with E-state index in [0.717, 1.165) is 26.9 Å². The fourth-order valence-electron chi connectivity index (χ4n) is 2.94. The van der Waals surface area contributed by atoms with Crippen LogP contribution >= 0.6 is 28.3 Å². The van der Waals surface area contributed by atoms with E-state index in [1.165, 1.54) is 12.1 Å². The molecule has 3 aromatic rings. The molecular weight excluding hydrogens is 473 g/mol. The lowest BCUT2D eigenvalue weighted by atomic mass is 10.1. The molecule has 0 atom stereocenters. The summed E-state index contributed by atoms with van der Waals surface area (Å²) < 4.78 is 30.7. The molecule has 7 heteroatoms. The van der Waals surface area contributed by atoms with E-state index in [4.69, 9.17) is 14.2 Å². The van der Waals surface area contributed by atoms with Gasteiger partial charge in [0.15, 0.2) is 11.5 Å². The zero-order chi connectivity index (χ0) is 20.6. The molecule has 0 unspecified atom stereocenters. The van der Waals surface area contributed by atoms with Crippen LogP contribution in [0.15, 0.2) is 65.1 Å². The molecule has 0 aliphatic heterocycles. The van der Waals surface area contributed by atoms with Crippen LogP contribution in [0, 0.1) is 5.82 Å². The van der Waals surface area contributed by atoms with Crippen molar-refractivity contribution in [3.8, 4) is 17.2 Å². The van der Waals surface area contributed by atoms with Crippen LogP contribution in [0.3, 0.4) is 0 Å². The summed E-state index contributed by atoms with van der Waals surface area (Å²) in [6.07, 6.45) is 0. The number of ether oxygens (including phenoxy) is 3. The average molecular weight is 497 g/mol. The maximum absolute atomic E-state index is 13.0. The maximum Gasteiger partial charge on any atom is 0.175 e. The molecule has 0 heterocycles. The van der Waals surface area contributed by atoms with E-state index in [0.29, 0.717) is 31.2 Å². The lowest BCUT2D eigenvalue weighted by molar-refractivity contribution is 0.282. The molecule has 0 aliphatic rings. The number of nitrogens with one attached hydrogen (secondary N) is 1. The summed E-state index contributed by atoms with van der Waals surface area (Å²) in [5.74, 6) is 1.85. The van der Waals surface area contributed by atoms with Crippen molar-refractivity contribution in [3.05, 3.63) is 87.6 Å². The Morgan fingerprint density at radius 2 is 1.57 bits per heavy atom. The highest BCUT2D eigenvalue weighted by Gasteiger charge is 2.12. The quantitative estimate of drug-likeness (QED) is 0.401. The highest BCUT2D eigenvalue weighted by Crippen LogP contribution is 2.37. The van der Waals surface area contributed by atoms with Gasteiger partial charge >= 0.3 is 0 Å². The van der Waals surface area contributed by atoms with Crippen LogP contribution in [0.1, 0.15) is 16.7 Å². The van der Waals surface area contributed by atoms with Gasteiger partial charge in [0.25, 0.3) is 0 Å². The molecule has 0 spiro atoms. The van der Waals surface area contributed by atoms with E-state index in [2.05, 4.69) is 21.2 Å². The second-order valence-electron chi connectivity index (χ2n) is 6.44. The lowest BCUT2D eigenvalue weighted by Gasteiger charge is -2.15. The minimum absolute atomic E-state index is 0. The minimum atomic E-state index is -0.266. The molecule has 30 heavy (non-hydrogen) atoms. The molecule has 0 saturated carbocycles. The third kappa shape index (κ3) is 6.36. The van der Waals surface area contributed by atoms with Gasteiger partial charge in [0, 0.05) is 18.7 Å². The number of hydrogen-bond donors (Lipinski definition) is 1. The summed E-state index contributed by atoms with van der Waals surface area (Å²) in [5.41, 5.74) is 3.03. The standard InChI is InChI=1S/C23H23BrFNO3.ClH/c1-27-21-6-4-3-5-18(21)14-26-13-17-11-20(24)23(22(12-17)28-2)29-15-16-7-9-19(25)10-8-16;/h3-12,26H,13-15H2,1-2H3;1H. The third-order valence-electron chi connectivity index (χ3n) is 4.42. The number of para-hydroxylation sites is 1. The molecule has 0 amide bonds. The van der Waals surface area contributed by atoms with E-state index in [9.17, 15) is 4.39 Å². The normalized spacial score (nSPS) is 10.3. The molecule has 0 fully saturated rings. The Labute approximate surface area is 190 Å². The monoisotopic (exact) mass is 495 g/mol. The first-order valence-electron chi connectivity index (χ1n) is 9.17. The van der Waals surface area contributed by atoms with Crippen LogP contribution < -0.4 is 19.5 Å². The Hall–Kier alpha value is -2.28. The molecule has 0 aromatic heterocycles.